The highest BCUT2D eigenvalue weighted by Gasteiger charge is 2.21. The van der Waals surface area contributed by atoms with Gasteiger partial charge < -0.3 is 5.32 Å². The quantitative estimate of drug-likeness (QED) is 0.231. The van der Waals surface area contributed by atoms with Crippen LogP contribution in [0, 0.1) is 20.8 Å². The summed E-state index contributed by atoms with van der Waals surface area (Å²) in [6.45, 7) is 5.51. The Labute approximate surface area is 233 Å². The fourth-order valence-corrected chi connectivity index (χ4v) is 6.44. The van der Waals surface area contributed by atoms with Crippen molar-refractivity contribution in [1.29, 1.82) is 0 Å². The number of sulfonamides is 2. The molecule has 202 valence electrons. The van der Waals surface area contributed by atoms with Crippen molar-refractivity contribution in [3.63, 3.8) is 0 Å². The van der Waals surface area contributed by atoms with Gasteiger partial charge in [0.15, 0.2) is 0 Å². The molecule has 0 aliphatic heterocycles. The topological polar surface area (TPSA) is 121 Å². The molecule has 8 nitrogen and oxygen atoms in total. The Bertz CT molecular complexity index is 1770. The molecule has 0 aliphatic rings. The average molecular weight is 584 g/mol. The van der Waals surface area contributed by atoms with E-state index in [0.717, 1.165) is 16.7 Å². The van der Waals surface area contributed by atoms with E-state index in [1.807, 2.05) is 39.0 Å². The molecule has 0 unspecified atom stereocenters. The smallest absolute Gasteiger partial charge is 0.263 e. The predicted octanol–water partition coefficient (Wildman–Crippen LogP) is 6.12. The molecule has 0 saturated heterocycles. The molecular formula is C28H26ClN3O5S2. The zero-order valence-corrected chi connectivity index (χ0v) is 23.7. The van der Waals surface area contributed by atoms with Crippen LogP contribution in [0.2, 0.25) is 5.02 Å². The molecule has 4 rings (SSSR count). The number of carbonyl (C=O) groups is 1. The number of anilines is 3. The Balaban J connectivity index is 1.51. The maximum atomic E-state index is 13.0. The Hall–Kier alpha value is -3.86. The summed E-state index contributed by atoms with van der Waals surface area (Å²) in [5, 5.41) is 2.60. The van der Waals surface area contributed by atoms with E-state index >= 15 is 0 Å². The normalized spacial score (nSPS) is 11.6. The number of hydrogen-bond acceptors (Lipinski definition) is 5. The lowest BCUT2D eigenvalue weighted by molar-refractivity contribution is 0.102. The maximum absolute atomic E-state index is 13.0. The summed E-state index contributed by atoms with van der Waals surface area (Å²) < 4.78 is 56.7. The number of benzene rings is 4. The Kier molecular flexibility index (Phi) is 8.01. The Morgan fingerprint density at radius 3 is 2.08 bits per heavy atom. The van der Waals surface area contributed by atoms with Gasteiger partial charge in [-0.15, -0.1) is 0 Å². The molecule has 4 aromatic carbocycles. The first kappa shape index (κ1) is 28.2. The second kappa shape index (κ2) is 11.1. The van der Waals surface area contributed by atoms with Crippen LogP contribution in [0.1, 0.15) is 27.0 Å². The first-order valence-electron chi connectivity index (χ1n) is 11.7. The molecule has 4 aromatic rings. The fraction of sp³-hybridized carbons (Fsp3) is 0.107. The van der Waals surface area contributed by atoms with Crippen molar-refractivity contribution < 1.29 is 21.6 Å². The third-order valence-corrected chi connectivity index (χ3v) is 9.06. The van der Waals surface area contributed by atoms with Crippen LogP contribution in [0.4, 0.5) is 17.1 Å². The van der Waals surface area contributed by atoms with Crippen LogP contribution in [-0.2, 0) is 20.0 Å². The maximum Gasteiger partial charge on any atom is 0.263 e. The third-order valence-electron chi connectivity index (χ3n) is 5.81. The summed E-state index contributed by atoms with van der Waals surface area (Å²) in [5.41, 5.74) is 3.79. The number of amides is 1. The highest BCUT2D eigenvalue weighted by Crippen LogP contribution is 2.27. The summed E-state index contributed by atoms with van der Waals surface area (Å²) in [5.74, 6) is -0.595. The Morgan fingerprint density at radius 1 is 0.692 bits per heavy atom. The molecule has 1 amide bonds. The van der Waals surface area contributed by atoms with Gasteiger partial charge in [-0.25, -0.2) is 16.8 Å². The highest BCUT2D eigenvalue weighted by molar-refractivity contribution is 7.93. The van der Waals surface area contributed by atoms with Crippen LogP contribution in [0.5, 0.6) is 0 Å². The zero-order valence-electron chi connectivity index (χ0n) is 21.3. The van der Waals surface area contributed by atoms with Crippen molar-refractivity contribution in [3.05, 3.63) is 112 Å². The molecule has 39 heavy (non-hydrogen) atoms. The van der Waals surface area contributed by atoms with Crippen molar-refractivity contribution in [1.82, 2.24) is 0 Å². The summed E-state index contributed by atoms with van der Waals surface area (Å²) >= 11 is 6.17. The molecule has 0 bridgehead atoms. The van der Waals surface area contributed by atoms with Gasteiger partial charge in [-0.2, -0.15) is 0 Å². The van der Waals surface area contributed by atoms with E-state index in [9.17, 15) is 21.6 Å². The van der Waals surface area contributed by atoms with Gasteiger partial charge in [0.1, 0.15) is 4.90 Å². The van der Waals surface area contributed by atoms with E-state index in [0.29, 0.717) is 17.1 Å². The van der Waals surface area contributed by atoms with Crippen LogP contribution < -0.4 is 14.8 Å². The molecule has 3 N–H and O–H groups in total. The molecule has 0 atom stereocenters. The predicted molar refractivity (Wildman–Crippen MR) is 155 cm³/mol. The molecule has 0 heterocycles. The van der Waals surface area contributed by atoms with Gasteiger partial charge in [-0.3, -0.25) is 14.2 Å². The van der Waals surface area contributed by atoms with Crippen molar-refractivity contribution >= 4 is 54.6 Å². The molecule has 0 aromatic heterocycles. The van der Waals surface area contributed by atoms with Gasteiger partial charge in [-0.05, 0) is 98.1 Å². The first-order valence-corrected chi connectivity index (χ1v) is 15.1. The van der Waals surface area contributed by atoms with Gasteiger partial charge in [0.25, 0.3) is 26.0 Å². The SMILES string of the molecule is Cc1cccc(NS(=O)(=O)c2cc(C(=O)Nc3ccc(S(=O)(=O)Nc4cc(C)ccc4C)cc3)ccc2Cl)c1. The van der Waals surface area contributed by atoms with Crippen LogP contribution in [0.15, 0.2) is 94.7 Å². The van der Waals surface area contributed by atoms with Gasteiger partial charge in [0, 0.05) is 16.9 Å². The van der Waals surface area contributed by atoms with Gasteiger partial charge in [-0.1, -0.05) is 35.9 Å². The highest BCUT2D eigenvalue weighted by atomic mass is 35.5. The van der Waals surface area contributed by atoms with E-state index in [-0.39, 0.29) is 20.4 Å². The molecule has 0 aliphatic carbocycles. The fourth-order valence-electron chi connectivity index (χ4n) is 3.74. The van der Waals surface area contributed by atoms with Gasteiger partial charge in [0.2, 0.25) is 0 Å². The number of aryl methyl sites for hydroxylation is 3. The minimum atomic E-state index is -4.08. The number of carbonyl (C=O) groups excluding carboxylic acids is 1. The number of nitrogens with one attached hydrogen (secondary N) is 3. The largest absolute Gasteiger partial charge is 0.322 e. The lowest BCUT2D eigenvalue weighted by Gasteiger charge is -2.13. The Morgan fingerprint density at radius 2 is 1.38 bits per heavy atom. The number of halogens is 1. The number of rotatable bonds is 8. The van der Waals surface area contributed by atoms with E-state index in [1.54, 1.807) is 24.3 Å². The van der Waals surface area contributed by atoms with E-state index in [2.05, 4.69) is 14.8 Å². The zero-order chi connectivity index (χ0) is 28.4. The summed E-state index contributed by atoms with van der Waals surface area (Å²) in [6.07, 6.45) is 0. The minimum absolute atomic E-state index is 0.0171. The first-order chi connectivity index (χ1) is 18.3. The summed E-state index contributed by atoms with van der Waals surface area (Å²) in [7, 11) is -7.94. The standard InChI is InChI=1S/C28H26ClN3O5S2/c1-18-5-4-6-23(15-18)31-39(36,37)27-17-21(9-14-25(27)29)28(33)30-22-10-12-24(13-11-22)38(34,35)32-26-16-19(2)7-8-20(26)3/h4-17,31-32H,1-3H3,(H,30,33). The summed E-state index contributed by atoms with van der Waals surface area (Å²) in [6, 6.07) is 21.8. The van der Waals surface area contributed by atoms with Gasteiger partial charge >= 0.3 is 0 Å². The van der Waals surface area contributed by atoms with Crippen molar-refractivity contribution in [3.8, 4) is 0 Å². The lowest BCUT2D eigenvalue weighted by atomic mass is 10.1. The van der Waals surface area contributed by atoms with E-state index in [1.165, 1.54) is 42.5 Å². The minimum Gasteiger partial charge on any atom is -0.322 e. The van der Waals surface area contributed by atoms with Crippen LogP contribution >= 0.6 is 11.6 Å². The molecule has 0 spiro atoms. The number of hydrogen-bond donors (Lipinski definition) is 3. The molecule has 0 radical (unpaired) electrons. The average Bonchev–Trinajstić information content (AvgIpc) is 2.86. The van der Waals surface area contributed by atoms with Crippen molar-refractivity contribution in [2.24, 2.45) is 0 Å². The van der Waals surface area contributed by atoms with Crippen molar-refractivity contribution in [2.75, 3.05) is 14.8 Å². The molecule has 0 fully saturated rings. The third kappa shape index (κ3) is 6.78. The van der Waals surface area contributed by atoms with Crippen LogP contribution in [-0.4, -0.2) is 22.7 Å². The van der Waals surface area contributed by atoms with Gasteiger partial charge in [0.05, 0.1) is 15.6 Å². The molecule has 0 saturated carbocycles. The van der Waals surface area contributed by atoms with E-state index < -0.39 is 26.0 Å². The van der Waals surface area contributed by atoms with E-state index in [4.69, 9.17) is 11.6 Å². The second-order valence-electron chi connectivity index (χ2n) is 9.02. The van der Waals surface area contributed by atoms with Crippen LogP contribution in [0.25, 0.3) is 0 Å². The monoisotopic (exact) mass is 583 g/mol. The second-order valence-corrected chi connectivity index (χ2v) is 12.8. The van der Waals surface area contributed by atoms with Crippen molar-refractivity contribution in [2.45, 2.75) is 30.6 Å². The molecular weight excluding hydrogens is 558 g/mol. The lowest BCUT2D eigenvalue weighted by Crippen LogP contribution is -2.17. The van der Waals surface area contributed by atoms with Crippen LogP contribution in [0.3, 0.4) is 0 Å². The molecule has 11 heteroatoms. The summed E-state index contributed by atoms with van der Waals surface area (Å²) in [4.78, 5) is 12.7.